The van der Waals surface area contributed by atoms with E-state index < -0.39 is 0 Å². The van der Waals surface area contributed by atoms with Gasteiger partial charge in [-0.1, -0.05) is 23.7 Å². The second-order valence-electron chi connectivity index (χ2n) is 6.04. The first-order chi connectivity index (χ1) is 11.5. The number of primary amides is 1. The predicted octanol–water partition coefficient (Wildman–Crippen LogP) is 1.34. The average molecular weight is 354 g/mol. The molecule has 0 aliphatic carbocycles. The van der Waals surface area contributed by atoms with Crippen molar-refractivity contribution in [3.8, 4) is 5.75 Å². The van der Waals surface area contributed by atoms with E-state index in [2.05, 4.69) is 5.32 Å². The molecule has 7 heteroatoms. The van der Waals surface area contributed by atoms with Crippen LogP contribution in [0.2, 0.25) is 5.02 Å². The number of amides is 2. The molecule has 1 aliphatic heterocycles. The molecule has 0 unspecified atom stereocenters. The highest BCUT2D eigenvalue weighted by Crippen LogP contribution is 2.27. The molecule has 3 N–H and O–H groups in total. The fraction of sp³-hybridized carbons (Fsp3) is 0.529. The third-order valence-electron chi connectivity index (χ3n) is 4.15. The molecule has 6 nitrogen and oxygen atoms in total. The van der Waals surface area contributed by atoms with Gasteiger partial charge in [-0.25, -0.2) is 0 Å². The molecule has 2 amide bonds. The number of rotatable bonds is 7. The molecule has 1 aromatic carbocycles. The van der Waals surface area contributed by atoms with E-state index in [4.69, 9.17) is 22.1 Å². The topological polar surface area (TPSA) is 84.7 Å². The van der Waals surface area contributed by atoms with Gasteiger partial charge in [-0.2, -0.15) is 0 Å². The molecule has 1 heterocycles. The van der Waals surface area contributed by atoms with E-state index in [0.717, 1.165) is 31.5 Å². The zero-order valence-corrected chi connectivity index (χ0v) is 14.6. The molecule has 0 spiro atoms. The molecule has 1 saturated heterocycles. The van der Waals surface area contributed by atoms with Gasteiger partial charge in [0.1, 0.15) is 12.4 Å². The molecule has 0 atom stereocenters. The lowest BCUT2D eigenvalue weighted by molar-refractivity contribution is -0.126. The van der Waals surface area contributed by atoms with Crippen molar-refractivity contribution >= 4 is 23.4 Å². The Balaban J connectivity index is 1.68. The van der Waals surface area contributed by atoms with Gasteiger partial charge in [0.2, 0.25) is 11.8 Å². The van der Waals surface area contributed by atoms with Crippen LogP contribution in [0, 0.1) is 12.8 Å². The summed E-state index contributed by atoms with van der Waals surface area (Å²) < 4.78 is 5.66. The van der Waals surface area contributed by atoms with Crippen LogP contribution in [-0.2, 0) is 9.59 Å². The lowest BCUT2D eigenvalue weighted by atomic mass is 9.96. The second kappa shape index (κ2) is 8.89. The van der Waals surface area contributed by atoms with Gasteiger partial charge >= 0.3 is 0 Å². The maximum absolute atomic E-state index is 12.2. The number of ether oxygens (including phenoxy) is 1. The molecule has 2 rings (SSSR count). The molecule has 0 saturated carbocycles. The summed E-state index contributed by atoms with van der Waals surface area (Å²) in [5.41, 5.74) is 6.15. The van der Waals surface area contributed by atoms with Gasteiger partial charge < -0.3 is 15.8 Å². The second-order valence-corrected chi connectivity index (χ2v) is 6.45. The highest BCUT2D eigenvalue weighted by molar-refractivity contribution is 6.32. The minimum Gasteiger partial charge on any atom is -0.490 e. The van der Waals surface area contributed by atoms with Crippen molar-refractivity contribution < 1.29 is 14.3 Å². The quantitative estimate of drug-likeness (QED) is 0.724. The number of piperidine rings is 1. The number of hydrogen-bond acceptors (Lipinski definition) is 4. The highest BCUT2D eigenvalue weighted by Gasteiger charge is 2.25. The zero-order valence-electron chi connectivity index (χ0n) is 13.9. The molecule has 24 heavy (non-hydrogen) atoms. The van der Waals surface area contributed by atoms with Crippen LogP contribution >= 0.6 is 11.6 Å². The van der Waals surface area contributed by atoms with Crippen molar-refractivity contribution in [2.45, 2.75) is 19.8 Å². The van der Waals surface area contributed by atoms with Gasteiger partial charge in [-0.15, -0.1) is 0 Å². The molecule has 0 aromatic heterocycles. The van der Waals surface area contributed by atoms with Crippen LogP contribution in [0.3, 0.4) is 0 Å². The lowest BCUT2D eigenvalue weighted by Gasteiger charge is -2.30. The summed E-state index contributed by atoms with van der Waals surface area (Å²) >= 11 is 6.09. The third kappa shape index (κ3) is 5.39. The summed E-state index contributed by atoms with van der Waals surface area (Å²) in [6.07, 6.45) is 1.48. The lowest BCUT2D eigenvalue weighted by Crippen LogP contribution is -2.44. The van der Waals surface area contributed by atoms with E-state index in [1.54, 1.807) is 6.07 Å². The van der Waals surface area contributed by atoms with Crippen molar-refractivity contribution in [3.63, 3.8) is 0 Å². The minimum absolute atomic E-state index is 0.0174. The van der Waals surface area contributed by atoms with E-state index >= 15 is 0 Å². The van der Waals surface area contributed by atoms with Crippen molar-refractivity contribution in [2.24, 2.45) is 11.7 Å². The Labute approximate surface area is 147 Å². The van der Waals surface area contributed by atoms with E-state index in [9.17, 15) is 9.59 Å². The maximum atomic E-state index is 12.2. The molecule has 1 aromatic rings. The Morgan fingerprint density at radius 3 is 2.71 bits per heavy atom. The van der Waals surface area contributed by atoms with Crippen molar-refractivity contribution in [1.29, 1.82) is 0 Å². The standard InChI is InChI=1S/C17H24ClN3O3/c1-12-3-2-4-14(18)16(12)24-10-7-20-17(23)13-5-8-21(9-6-13)11-15(19)22/h2-4,13H,5-11H2,1H3,(H2,19,22)(H,20,23). The average Bonchev–Trinajstić information content (AvgIpc) is 2.53. The van der Waals surface area contributed by atoms with Gasteiger partial charge in [0.25, 0.3) is 0 Å². The third-order valence-corrected chi connectivity index (χ3v) is 4.45. The number of nitrogens with one attached hydrogen (secondary N) is 1. The van der Waals surface area contributed by atoms with E-state index in [0.29, 0.717) is 23.9 Å². The summed E-state index contributed by atoms with van der Waals surface area (Å²) in [5, 5.41) is 3.47. The number of carbonyl (C=O) groups excluding carboxylic acids is 2. The first-order valence-electron chi connectivity index (χ1n) is 8.13. The first-order valence-corrected chi connectivity index (χ1v) is 8.51. The Morgan fingerprint density at radius 1 is 1.38 bits per heavy atom. The summed E-state index contributed by atoms with van der Waals surface area (Å²) in [6.45, 7) is 4.44. The Hall–Kier alpha value is -1.79. The highest BCUT2D eigenvalue weighted by atomic mass is 35.5. The number of halogens is 1. The van der Waals surface area contributed by atoms with Gasteiger partial charge in [-0.05, 0) is 44.5 Å². The van der Waals surface area contributed by atoms with Crippen molar-refractivity contribution in [3.05, 3.63) is 28.8 Å². The SMILES string of the molecule is Cc1cccc(Cl)c1OCCNC(=O)C1CCN(CC(N)=O)CC1. The summed E-state index contributed by atoms with van der Waals surface area (Å²) in [7, 11) is 0. The number of nitrogens with zero attached hydrogens (tertiary/aromatic N) is 1. The Morgan fingerprint density at radius 2 is 2.08 bits per heavy atom. The Kier molecular flexibility index (Phi) is 6.87. The van der Waals surface area contributed by atoms with Crippen molar-refractivity contribution in [1.82, 2.24) is 10.2 Å². The van der Waals surface area contributed by atoms with E-state index in [1.165, 1.54) is 0 Å². The largest absolute Gasteiger partial charge is 0.490 e. The summed E-state index contributed by atoms with van der Waals surface area (Å²) in [5.74, 6) is 0.350. The van der Waals surface area contributed by atoms with Crippen LogP contribution < -0.4 is 15.8 Å². The Bertz CT molecular complexity index is 566. The molecular weight excluding hydrogens is 330 g/mol. The molecule has 0 radical (unpaired) electrons. The predicted molar refractivity (Wildman–Crippen MR) is 93.1 cm³/mol. The molecule has 1 aliphatic rings. The smallest absolute Gasteiger partial charge is 0.231 e. The molecule has 1 fully saturated rings. The van der Waals surface area contributed by atoms with Crippen LogP contribution in [0.4, 0.5) is 0 Å². The van der Waals surface area contributed by atoms with Gasteiger partial charge in [0.15, 0.2) is 0 Å². The summed E-state index contributed by atoms with van der Waals surface area (Å²) in [4.78, 5) is 25.1. The molecular formula is C17H24ClN3O3. The first kappa shape index (κ1) is 18.5. The normalized spacial score (nSPS) is 15.9. The van der Waals surface area contributed by atoms with E-state index in [1.807, 2.05) is 24.0 Å². The number of nitrogens with two attached hydrogens (primary N) is 1. The minimum atomic E-state index is -0.329. The zero-order chi connectivity index (χ0) is 17.5. The van der Waals surface area contributed by atoms with E-state index in [-0.39, 0.29) is 24.3 Å². The number of para-hydroxylation sites is 1. The maximum Gasteiger partial charge on any atom is 0.231 e. The van der Waals surface area contributed by atoms with Crippen LogP contribution in [0.5, 0.6) is 5.75 Å². The molecule has 132 valence electrons. The number of likely N-dealkylation sites (tertiary alicyclic amines) is 1. The number of carbonyl (C=O) groups is 2. The van der Waals surface area contributed by atoms with Crippen LogP contribution in [-0.4, -0.2) is 49.5 Å². The number of aryl methyl sites for hydroxylation is 1. The number of benzene rings is 1. The summed E-state index contributed by atoms with van der Waals surface area (Å²) in [6, 6.07) is 5.58. The monoisotopic (exact) mass is 353 g/mol. The van der Waals surface area contributed by atoms with Gasteiger partial charge in [0, 0.05) is 5.92 Å². The molecule has 0 bridgehead atoms. The fourth-order valence-corrected chi connectivity index (χ4v) is 3.12. The van der Waals surface area contributed by atoms with Gasteiger partial charge in [-0.3, -0.25) is 14.5 Å². The van der Waals surface area contributed by atoms with Crippen LogP contribution in [0.15, 0.2) is 18.2 Å². The van der Waals surface area contributed by atoms with Crippen LogP contribution in [0.25, 0.3) is 0 Å². The fourth-order valence-electron chi connectivity index (χ4n) is 2.84. The number of hydrogen-bond donors (Lipinski definition) is 2. The van der Waals surface area contributed by atoms with Crippen LogP contribution in [0.1, 0.15) is 18.4 Å². The van der Waals surface area contributed by atoms with Crippen molar-refractivity contribution in [2.75, 3.05) is 32.8 Å². The van der Waals surface area contributed by atoms with Gasteiger partial charge in [0.05, 0.1) is 18.1 Å².